The van der Waals surface area contributed by atoms with Crippen LogP contribution in [-0.2, 0) is 4.79 Å². The van der Waals surface area contributed by atoms with Crippen LogP contribution in [0.2, 0.25) is 0 Å². The smallest absolute Gasteiger partial charge is 0.230 e. The van der Waals surface area contributed by atoms with Crippen molar-refractivity contribution in [3.8, 4) is 22.8 Å². The van der Waals surface area contributed by atoms with E-state index in [2.05, 4.69) is 22.4 Å². The average Bonchev–Trinajstić information content (AvgIpc) is 3.17. The zero-order valence-electron chi connectivity index (χ0n) is 17.0. The number of nitrogens with zero attached hydrogens (tertiary/aromatic N) is 3. The summed E-state index contributed by atoms with van der Waals surface area (Å²) in [6.07, 6.45) is 2.01. The first-order chi connectivity index (χ1) is 14.1. The van der Waals surface area contributed by atoms with E-state index in [9.17, 15) is 4.79 Å². The fourth-order valence-corrected chi connectivity index (χ4v) is 3.82. The minimum Gasteiger partial charge on any atom is -0.497 e. The molecule has 3 rings (SSSR count). The monoisotopic (exact) mass is 410 g/mol. The number of methoxy groups -OCH3 is 1. The van der Waals surface area contributed by atoms with E-state index in [0.29, 0.717) is 10.9 Å². The highest BCUT2D eigenvalue weighted by Gasteiger charge is 2.17. The van der Waals surface area contributed by atoms with Crippen molar-refractivity contribution in [2.75, 3.05) is 12.9 Å². The summed E-state index contributed by atoms with van der Waals surface area (Å²) < 4.78 is 7.23. The van der Waals surface area contributed by atoms with Crippen molar-refractivity contribution >= 4 is 17.7 Å². The number of benzene rings is 2. The molecule has 1 unspecified atom stereocenters. The molecule has 3 aromatic rings. The van der Waals surface area contributed by atoms with Gasteiger partial charge in [0.15, 0.2) is 11.0 Å². The highest BCUT2D eigenvalue weighted by Crippen LogP contribution is 2.28. The lowest BCUT2D eigenvalue weighted by Crippen LogP contribution is -2.33. The number of hydrogen-bond acceptors (Lipinski definition) is 5. The minimum atomic E-state index is 0.00422. The molecular formula is C22H26N4O2S. The third-order valence-corrected chi connectivity index (χ3v) is 5.39. The molecule has 0 radical (unpaired) electrons. The van der Waals surface area contributed by atoms with Gasteiger partial charge in [0.2, 0.25) is 5.91 Å². The zero-order chi connectivity index (χ0) is 20.6. The molecule has 1 aromatic heterocycles. The summed E-state index contributed by atoms with van der Waals surface area (Å²) in [6, 6.07) is 17.8. The Bertz CT molecular complexity index is 926. The number of carbonyl (C=O) groups excluding carboxylic acids is 1. The quantitative estimate of drug-likeness (QED) is 0.532. The summed E-state index contributed by atoms with van der Waals surface area (Å²) in [6.45, 7) is 4.14. The molecule has 0 saturated heterocycles. The van der Waals surface area contributed by atoms with Gasteiger partial charge in [-0.3, -0.25) is 9.36 Å². The van der Waals surface area contributed by atoms with Gasteiger partial charge in [-0.1, -0.05) is 43.3 Å². The van der Waals surface area contributed by atoms with Crippen molar-refractivity contribution in [2.24, 2.45) is 0 Å². The van der Waals surface area contributed by atoms with Crippen LogP contribution in [0.25, 0.3) is 17.1 Å². The fraction of sp³-hybridized carbons (Fsp3) is 0.318. The van der Waals surface area contributed by atoms with Crippen LogP contribution in [0.1, 0.15) is 26.7 Å². The molecule has 1 N–H and O–H groups in total. The van der Waals surface area contributed by atoms with Crippen LogP contribution in [-0.4, -0.2) is 39.6 Å². The van der Waals surface area contributed by atoms with E-state index in [1.807, 2.05) is 66.1 Å². The summed E-state index contributed by atoms with van der Waals surface area (Å²) in [4.78, 5) is 12.3. The largest absolute Gasteiger partial charge is 0.497 e. The molecule has 0 fully saturated rings. The SMILES string of the molecule is CCCC(C)NC(=O)CSc1nnc(-c2ccc(OC)cc2)n1-c1ccccc1. The molecule has 0 bridgehead atoms. The molecule has 2 aromatic carbocycles. The Kier molecular flexibility index (Phi) is 7.30. The predicted octanol–water partition coefficient (Wildman–Crippen LogP) is 4.34. The lowest BCUT2D eigenvalue weighted by Gasteiger charge is -2.13. The van der Waals surface area contributed by atoms with E-state index < -0.39 is 0 Å². The maximum atomic E-state index is 12.3. The number of para-hydroxylation sites is 1. The Balaban J connectivity index is 1.85. The Hall–Kier alpha value is -2.80. The van der Waals surface area contributed by atoms with E-state index >= 15 is 0 Å². The number of thioether (sulfide) groups is 1. The lowest BCUT2D eigenvalue weighted by atomic mass is 10.2. The molecule has 7 heteroatoms. The zero-order valence-corrected chi connectivity index (χ0v) is 17.8. The van der Waals surface area contributed by atoms with Gasteiger partial charge >= 0.3 is 0 Å². The molecule has 0 aliphatic heterocycles. The van der Waals surface area contributed by atoms with E-state index in [-0.39, 0.29) is 11.9 Å². The Labute approximate surface area is 175 Å². The van der Waals surface area contributed by atoms with Crippen LogP contribution in [0.5, 0.6) is 5.75 Å². The second-order valence-corrected chi connectivity index (χ2v) is 7.69. The summed E-state index contributed by atoms with van der Waals surface area (Å²) in [7, 11) is 1.64. The van der Waals surface area contributed by atoms with Gasteiger partial charge in [-0.15, -0.1) is 10.2 Å². The molecule has 1 heterocycles. The van der Waals surface area contributed by atoms with Gasteiger partial charge in [0.25, 0.3) is 0 Å². The van der Waals surface area contributed by atoms with Crippen LogP contribution in [0.3, 0.4) is 0 Å². The predicted molar refractivity (Wildman–Crippen MR) is 117 cm³/mol. The van der Waals surface area contributed by atoms with Gasteiger partial charge in [-0.25, -0.2) is 0 Å². The van der Waals surface area contributed by atoms with E-state index in [1.54, 1.807) is 7.11 Å². The van der Waals surface area contributed by atoms with Gasteiger partial charge in [-0.2, -0.15) is 0 Å². The van der Waals surface area contributed by atoms with Crippen molar-refractivity contribution in [1.82, 2.24) is 20.1 Å². The molecule has 0 saturated carbocycles. The third kappa shape index (κ3) is 5.38. The van der Waals surface area contributed by atoms with Crippen LogP contribution >= 0.6 is 11.8 Å². The van der Waals surface area contributed by atoms with Crippen LogP contribution in [0.15, 0.2) is 59.8 Å². The van der Waals surface area contributed by atoms with Gasteiger partial charge in [-0.05, 0) is 49.7 Å². The number of amides is 1. The fourth-order valence-electron chi connectivity index (χ4n) is 3.05. The average molecular weight is 411 g/mol. The number of ether oxygens (including phenoxy) is 1. The molecule has 0 spiro atoms. The number of hydrogen-bond donors (Lipinski definition) is 1. The number of carbonyl (C=O) groups is 1. The van der Waals surface area contributed by atoms with Gasteiger partial charge in [0.05, 0.1) is 12.9 Å². The first-order valence-corrected chi connectivity index (χ1v) is 10.7. The van der Waals surface area contributed by atoms with E-state index in [1.165, 1.54) is 11.8 Å². The highest BCUT2D eigenvalue weighted by molar-refractivity contribution is 7.99. The Morgan fingerprint density at radius 2 is 1.86 bits per heavy atom. The maximum Gasteiger partial charge on any atom is 0.230 e. The third-order valence-electron chi connectivity index (χ3n) is 4.46. The summed E-state index contributed by atoms with van der Waals surface area (Å²) >= 11 is 1.39. The minimum absolute atomic E-state index is 0.00422. The number of rotatable bonds is 9. The molecule has 6 nitrogen and oxygen atoms in total. The normalized spacial score (nSPS) is 11.8. The van der Waals surface area contributed by atoms with Crippen molar-refractivity contribution in [1.29, 1.82) is 0 Å². The molecule has 29 heavy (non-hydrogen) atoms. The van der Waals surface area contributed by atoms with Gasteiger partial charge in [0, 0.05) is 17.3 Å². The van der Waals surface area contributed by atoms with Gasteiger partial charge in [0.1, 0.15) is 5.75 Å². The van der Waals surface area contributed by atoms with Crippen LogP contribution in [0.4, 0.5) is 0 Å². The number of nitrogens with one attached hydrogen (secondary N) is 1. The molecular weight excluding hydrogens is 384 g/mol. The van der Waals surface area contributed by atoms with Crippen molar-refractivity contribution < 1.29 is 9.53 Å². The van der Waals surface area contributed by atoms with Crippen molar-refractivity contribution in [3.05, 3.63) is 54.6 Å². The topological polar surface area (TPSA) is 69.0 Å². The lowest BCUT2D eigenvalue weighted by molar-refractivity contribution is -0.119. The molecule has 1 amide bonds. The number of aromatic nitrogens is 3. The second-order valence-electron chi connectivity index (χ2n) is 6.75. The van der Waals surface area contributed by atoms with Crippen molar-refractivity contribution in [3.63, 3.8) is 0 Å². The summed E-state index contributed by atoms with van der Waals surface area (Å²) in [5, 5.41) is 12.5. The second kappa shape index (κ2) is 10.1. The molecule has 1 atom stereocenters. The molecule has 0 aliphatic rings. The van der Waals surface area contributed by atoms with E-state index in [0.717, 1.165) is 35.7 Å². The van der Waals surface area contributed by atoms with Crippen molar-refractivity contribution in [2.45, 2.75) is 37.9 Å². The molecule has 0 aliphatic carbocycles. The Morgan fingerprint density at radius 1 is 1.14 bits per heavy atom. The highest BCUT2D eigenvalue weighted by atomic mass is 32.2. The summed E-state index contributed by atoms with van der Waals surface area (Å²) in [5.74, 6) is 1.81. The first kappa shape index (κ1) is 20.9. The Morgan fingerprint density at radius 3 is 2.52 bits per heavy atom. The van der Waals surface area contributed by atoms with E-state index in [4.69, 9.17) is 4.74 Å². The van der Waals surface area contributed by atoms with Crippen LogP contribution < -0.4 is 10.1 Å². The first-order valence-electron chi connectivity index (χ1n) is 9.69. The van der Waals surface area contributed by atoms with Gasteiger partial charge < -0.3 is 10.1 Å². The molecule has 152 valence electrons. The standard InChI is InChI=1S/C22H26N4O2S/c1-4-8-16(2)23-20(27)15-29-22-25-24-21(17-11-13-19(28-3)14-12-17)26(22)18-9-6-5-7-10-18/h5-7,9-14,16H,4,8,15H2,1-3H3,(H,23,27). The maximum absolute atomic E-state index is 12.3. The summed E-state index contributed by atoms with van der Waals surface area (Å²) in [5.41, 5.74) is 1.88. The van der Waals surface area contributed by atoms with Crippen LogP contribution in [0, 0.1) is 0 Å².